The van der Waals surface area contributed by atoms with Crippen LogP contribution in [0.15, 0.2) is 253 Å². The highest BCUT2D eigenvalue weighted by atomic mass is 28.3. The van der Waals surface area contributed by atoms with E-state index in [0.717, 1.165) is 39.0 Å². The summed E-state index contributed by atoms with van der Waals surface area (Å²) < 4.78 is 6.45. The topological polar surface area (TPSA) is 16.4 Å². The van der Waals surface area contributed by atoms with Crippen molar-refractivity contribution >= 4 is 78.6 Å². The average molecular weight is 796 g/mol. The SMILES string of the molecule is c1ccc(-c2ccc(N(c3ccc4c(c3)oc3ccccc34)c3ccc(-c4ccc([Si](c5ccccc5)(c5ccccc5)c5ccccc5)cc4)c4ccccc34)cc2)cc1. The van der Waals surface area contributed by atoms with E-state index in [9.17, 15) is 0 Å². The lowest BCUT2D eigenvalue weighted by atomic mass is 9.96. The van der Waals surface area contributed by atoms with Crippen LogP contribution in [0.2, 0.25) is 0 Å². The average Bonchev–Trinajstić information content (AvgIpc) is 3.72. The maximum Gasteiger partial charge on any atom is 0.179 e. The third kappa shape index (κ3) is 6.35. The number of hydrogen-bond acceptors (Lipinski definition) is 2. The zero-order valence-corrected chi connectivity index (χ0v) is 34.5. The Kier molecular flexibility index (Phi) is 9.22. The molecule has 11 rings (SSSR count). The van der Waals surface area contributed by atoms with E-state index in [2.05, 4.69) is 241 Å². The van der Waals surface area contributed by atoms with E-state index < -0.39 is 8.07 Å². The number of para-hydroxylation sites is 1. The molecule has 3 heteroatoms. The van der Waals surface area contributed by atoms with Gasteiger partial charge in [-0.3, -0.25) is 0 Å². The van der Waals surface area contributed by atoms with Crippen LogP contribution in [0.25, 0.3) is 55.0 Å². The standard InChI is InChI=1S/C58H41NOSi/c1-5-17-42(18-6-1)43-29-33-45(34-30-43)59(46-35-38-55-54-27-15-16-28-57(54)60-58(55)41-46)56-40-39-51(52-25-13-14-26-53(52)56)44-31-36-50(37-32-44)61(47-19-7-2-8-20-47,48-21-9-3-10-22-48)49-23-11-4-12-24-49/h1-41H. The molecule has 11 aromatic rings. The van der Waals surface area contributed by atoms with E-state index >= 15 is 0 Å². The molecule has 0 unspecified atom stereocenters. The normalized spacial score (nSPS) is 11.6. The van der Waals surface area contributed by atoms with E-state index in [1.807, 2.05) is 12.1 Å². The van der Waals surface area contributed by atoms with Gasteiger partial charge in [0, 0.05) is 33.6 Å². The summed E-state index contributed by atoms with van der Waals surface area (Å²) in [5, 5.41) is 10.1. The second-order valence-corrected chi connectivity index (χ2v) is 19.4. The Morgan fingerprint density at radius 2 is 0.754 bits per heavy atom. The lowest BCUT2D eigenvalue weighted by Gasteiger charge is -2.34. The lowest BCUT2D eigenvalue weighted by Crippen LogP contribution is -2.74. The fourth-order valence-electron chi connectivity index (χ4n) is 9.41. The zero-order valence-electron chi connectivity index (χ0n) is 33.5. The van der Waals surface area contributed by atoms with Crippen LogP contribution in [0.1, 0.15) is 0 Å². The molecule has 0 fully saturated rings. The molecular weight excluding hydrogens is 755 g/mol. The lowest BCUT2D eigenvalue weighted by molar-refractivity contribution is 0.669. The van der Waals surface area contributed by atoms with Gasteiger partial charge in [0.2, 0.25) is 0 Å². The summed E-state index contributed by atoms with van der Waals surface area (Å²) in [5.41, 5.74) is 9.72. The van der Waals surface area contributed by atoms with E-state index in [4.69, 9.17) is 4.42 Å². The molecule has 0 atom stereocenters. The first-order valence-corrected chi connectivity index (χ1v) is 22.9. The fraction of sp³-hybridized carbons (Fsp3) is 0. The maximum absolute atomic E-state index is 6.45. The number of fused-ring (bicyclic) bond motifs is 4. The molecule has 10 aromatic carbocycles. The maximum atomic E-state index is 6.45. The van der Waals surface area contributed by atoms with E-state index in [1.54, 1.807) is 0 Å². The first-order chi connectivity index (χ1) is 30.3. The van der Waals surface area contributed by atoms with Crippen molar-refractivity contribution in [2.75, 3.05) is 4.90 Å². The van der Waals surface area contributed by atoms with Crippen LogP contribution in [0.5, 0.6) is 0 Å². The molecule has 0 bridgehead atoms. The van der Waals surface area contributed by atoms with Crippen molar-refractivity contribution in [3.8, 4) is 22.3 Å². The first kappa shape index (κ1) is 36.4. The van der Waals surface area contributed by atoms with Crippen molar-refractivity contribution in [1.82, 2.24) is 0 Å². The summed E-state index contributed by atoms with van der Waals surface area (Å²) in [6.07, 6.45) is 0. The largest absolute Gasteiger partial charge is 0.456 e. The van der Waals surface area contributed by atoms with Crippen LogP contribution in [0.4, 0.5) is 17.1 Å². The van der Waals surface area contributed by atoms with Gasteiger partial charge in [0.25, 0.3) is 0 Å². The molecule has 0 aliphatic carbocycles. The number of anilines is 3. The highest BCUT2D eigenvalue weighted by Crippen LogP contribution is 2.44. The number of benzene rings is 10. The fourth-order valence-corrected chi connectivity index (χ4v) is 14.2. The number of furan rings is 1. The minimum Gasteiger partial charge on any atom is -0.456 e. The van der Waals surface area contributed by atoms with Crippen molar-refractivity contribution in [1.29, 1.82) is 0 Å². The Balaban J connectivity index is 1.06. The molecule has 0 aliphatic heterocycles. The molecule has 0 aliphatic rings. The van der Waals surface area contributed by atoms with Crippen LogP contribution < -0.4 is 25.6 Å². The van der Waals surface area contributed by atoms with Gasteiger partial charge >= 0.3 is 0 Å². The van der Waals surface area contributed by atoms with Gasteiger partial charge in [-0.25, -0.2) is 0 Å². The Morgan fingerprint density at radius 1 is 0.295 bits per heavy atom. The quantitative estimate of drug-likeness (QED) is 0.107. The summed E-state index contributed by atoms with van der Waals surface area (Å²) in [7, 11) is -2.65. The van der Waals surface area contributed by atoms with Crippen LogP contribution in [-0.4, -0.2) is 8.07 Å². The minimum atomic E-state index is -2.65. The van der Waals surface area contributed by atoms with Gasteiger partial charge in [0.1, 0.15) is 11.2 Å². The van der Waals surface area contributed by atoms with Crippen molar-refractivity contribution in [3.05, 3.63) is 249 Å². The van der Waals surface area contributed by atoms with Crippen LogP contribution in [0, 0.1) is 0 Å². The predicted octanol–water partition coefficient (Wildman–Crippen LogP) is 12.9. The highest BCUT2D eigenvalue weighted by molar-refractivity contribution is 7.19. The molecule has 1 heterocycles. The van der Waals surface area contributed by atoms with Crippen molar-refractivity contribution < 1.29 is 4.42 Å². The molecule has 0 saturated carbocycles. The minimum absolute atomic E-state index is 0.867. The molecule has 0 radical (unpaired) electrons. The van der Waals surface area contributed by atoms with Gasteiger partial charge in [-0.2, -0.15) is 0 Å². The number of rotatable bonds is 9. The molecule has 0 amide bonds. The molecule has 1 aromatic heterocycles. The summed E-state index contributed by atoms with van der Waals surface area (Å²) in [4.78, 5) is 2.37. The smallest absolute Gasteiger partial charge is 0.179 e. The van der Waals surface area contributed by atoms with Gasteiger partial charge in [-0.05, 0) is 84.8 Å². The first-order valence-electron chi connectivity index (χ1n) is 20.9. The Morgan fingerprint density at radius 3 is 1.38 bits per heavy atom. The van der Waals surface area contributed by atoms with Crippen LogP contribution in [-0.2, 0) is 0 Å². The molecule has 2 nitrogen and oxygen atoms in total. The van der Waals surface area contributed by atoms with Gasteiger partial charge in [0.15, 0.2) is 8.07 Å². The summed E-state index contributed by atoms with van der Waals surface area (Å²) in [5.74, 6) is 0. The molecule has 61 heavy (non-hydrogen) atoms. The summed E-state index contributed by atoms with van der Waals surface area (Å²) in [6.45, 7) is 0. The zero-order chi connectivity index (χ0) is 40.6. The van der Waals surface area contributed by atoms with Gasteiger partial charge in [-0.15, -0.1) is 0 Å². The molecule has 0 spiro atoms. The van der Waals surface area contributed by atoms with Crippen LogP contribution in [0.3, 0.4) is 0 Å². The predicted molar refractivity (Wildman–Crippen MR) is 260 cm³/mol. The van der Waals surface area contributed by atoms with Gasteiger partial charge in [-0.1, -0.05) is 206 Å². The molecular formula is C58H41NOSi. The van der Waals surface area contributed by atoms with Crippen LogP contribution >= 0.6 is 0 Å². The molecule has 0 N–H and O–H groups in total. The molecule has 288 valence electrons. The van der Waals surface area contributed by atoms with Crippen molar-refractivity contribution in [3.63, 3.8) is 0 Å². The number of nitrogens with zero attached hydrogens (tertiary/aromatic N) is 1. The third-order valence-corrected chi connectivity index (χ3v) is 17.0. The molecule has 0 saturated heterocycles. The highest BCUT2D eigenvalue weighted by Gasteiger charge is 2.41. The van der Waals surface area contributed by atoms with E-state index in [0.29, 0.717) is 0 Å². The third-order valence-electron chi connectivity index (χ3n) is 12.2. The van der Waals surface area contributed by atoms with Gasteiger partial charge < -0.3 is 9.32 Å². The second-order valence-electron chi connectivity index (χ2n) is 15.6. The van der Waals surface area contributed by atoms with E-state index in [-0.39, 0.29) is 0 Å². The van der Waals surface area contributed by atoms with Crippen molar-refractivity contribution in [2.24, 2.45) is 0 Å². The monoisotopic (exact) mass is 795 g/mol. The van der Waals surface area contributed by atoms with Crippen molar-refractivity contribution in [2.45, 2.75) is 0 Å². The number of hydrogen-bond donors (Lipinski definition) is 0. The summed E-state index contributed by atoms with van der Waals surface area (Å²) in [6, 6.07) is 90.6. The van der Waals surface area contributed by atoms with E-state index in [1.165, 1.54) is 53.8 Å². The van der Waals surface area contributed by atoms with Gasteiger partial charge in [0.05, 0.1) is 5.69 Å². The Bertz CT molecular complexity index is 3170. The summed E-state index contributed by atoms with van der Waals surface area (Å²) >= 11 is 0. The second kappa shape index (κ2) is 15.5. The Labute approximate surface area is 357 Å². The Hall–Kier alpha value is -7.72.